The van der Waals surface area contributed by atoms with Crippen molar-refractivity contribution in [1.29, 1.82) is 0 Å². The van der Waals surface area contributed by atoms with E-state index in [1.807, 2.05) is 45.0 Å². The summed E-state index contributed by atoms with van der Waals surface area (Å²) in [6.07, 6.45) is 7.94. The van der Waals surface area contributed by atoms with Gasteiger partial charge in [0.1, 0.15) is 62.6 Å². The van der Waals surface area contributed by atoms with Crippen LogP contribution >= 0.6 is 15.9 Å². The van der Waals surface area contributed by atoms with Crippen molar-refractivity contribution < 1.29 is 33.2 Å². The summed E-state index contributed by atoms with van der Waals surface area (Å²) < 4.78 is 36.6. The molecule has 0 amide bonds. The largest absolute Gasteiger partial charge is 0.497 e. The average molecular weight is 1120 g/mol. The number of H-pyrrole nitrogens is 1. The summed E-state index contributed by atoms with van der Waals surface area (Å²) in [6, 6.07) is 24.7. The smallest absolute Gasteiger partial charge is 0.308 e. The van der Waals surface area contributed by atoms with Crippen LogP contribution in [0, 0.1) is 0 Å². The van der Waals surface area contributed by atoms with Crippen LogP contribution in [-0.2, 0) is 46.5 Å². The van der Waals surface area contributed by atoms with E-state index < -0.39 is 5.60 Å². The maximum Gasteiger partial charge on any atom is 0.308 e. The number of nitrogens with two attached hydrogens (primary N) is 1. The number of hydrogen-bond acceptors (Lipinski definition) is 14. The number of methoxy groups -OCH3 is 4. The summed E-state index contributed by atoms with van der Waals surface area (Å²) >= 11 is 3.65. The molecule has 410 valence electrons. The number of unbranched alkanes of at least 4 members (excludes halogenated alkanes) is 2. The van der Waals surface area contributed by atoms with E-state index in [4.69, 9.17) is 49.1 Å². The van der Waals surface area contributed by atoms with E-state index in [0.29, 0.717) is 25.6 Å². The number of aromatic amines is 1. The first-order valence-electron chi connectivity index (χ1n) is 27.0. The van der Waals surface area contributed by atoms with Crippen LogP contribution in [0.15, 0.2) is 77.3 Å². The van der Waals surface area contributed by atoms with Gasteiger partial charge in [0.05, 0.1) is 76.9 Å². The Morgan fingerprint density at radius 3 is 2.06 bits per heavy atom. The Balaban J connectivity index is 0.000000205. The molecule has 16 nitrogen and oxygen atoms in total. The lowest BCUT2D eigenvalue weighted by atomic mass is 10.0. The first-order valence-corrected chi connectivity index (χ1v) is 27.8. The van der Waals surface area contributed by atoms with Crippen LogP contribution in [0.3, 0.4) is 0 Å². The fourth-order valence-electron chi connectivity index (χ4n) is 9.84. The van der Waals surface area contributed by atoms with Gasteiger partial charge in [-0.15, -0.1) is 0 Å². The highest BCUT2D eigenvalue weighted by Crippen LogP contribution is 2.35. The summed E-state index contributed by atoms with van der Waals surface area (Å²) in [5, 5.41) is 2.11. The highest BCUT2D eigenvalue weighted by molar-refractivity contribution is 9.10. The number of halogens is 1. The molecule has 0 atom stereocenters. The molecule has 3 N–H and O–H groups in total. The average Bonchev–Trinajstić information content (AvgIpc) is 4.05. The van der Waals surface area contributed by atoms with Crippen molar-refractivity contribution >= 4 is 77.3 Å². The molecular weight excluding hydrogens is 1040 g/mol. The maximum absolute atomic E-state index is 11.8. The summed E-state index contributed by atoms with van der Waals surface area (Å²) in [4.78, 5) is 39.8. The van der Waals surface area contributed by atoms with Crippen molar-refractivity contribution in [2.45, 2.75) is 105 Å². The van der Waals surface area contributed by atoms with Crippen molar-refractivity contribution in [3.8, 4) is 23.0 Å². The monoisotopic (exact) mass is 1110 g/mol. The Bertz CT molecular complexity index is 3290. The van der Waals surface area contributed by atoms with Gasteiger partial charge in [-0.05, 0) is 107 Å². The number of esters is 1. The zero-order chi connectivity index (χ0) is 54.6. The second kappa shape index (κ2) is 26.1. The second-order valence-electron chi connectivity index (χ2n) is 20.5. The molecule has 1 aliphatic heterocycles. The number of fused-ring (bicyclic) bond motifs is 6. The van der Waals surface area contributed by atoms with Crippen molar-refractivity contribution in [3.05, 3.63) is 106 Å². The topological polar surface area (TPSA) is 177 Å². The predicted octanol–water partition coefficient (Wildman–Crippen LogP) is 11.5. The molecule has 0 bridgehead atoms. The van der Waals surface area contributed by atoms with Crippen LogP contribution in [0.5, 0.6) is 23.0 Å². The third-order valence-corrected chi connectivity index (χ3v) is 14.4. The molecule has 8 aromatic rings. The standard InChI is InChI=1S/C33H36BrN3O4.C27H40N6O3/c1-6-7-8-31-36-32-27(16-11-21-9-13-24(38-2)18-29(21)40-4)35-28-17-23(34)12-15-26(28)33(32)37(31)20-22-10-14-25(39-3)19-30(22)41-5;1-5-6-7-22-30-24-20-9-8-19(18-21(20)29-26(28)25(24)31-22)33-13-11-32(12-14-33)15-17-35-16-10-23(34)36-27(2,3)4/h9-10,12-15,17-19H,6-8,11,16,20H2,1-5H3;8-9,18H,5-7,10-17H2,1-4H3,(H2,28,29)(H,30,31). The van der Waals surface area contributed by atoms with Crippen LogP contribution in [0.4, 0.5) is 11.5 Å². The number of pyridine rings is 2. The molecule has 0 radical (unpaired) electrons. The summed E-state index contributed by atoms with van der Waals surface area (Å²) in [5.74, 6) is 5.46. The number of hydrogen-bond donors (Lipinski definition) is 2. The number of piperazine rings is 1. The maximum atomic E-state index is 11.8. The minimum atomic E-state index is -0.451. The van der Waals surface area contributed by atoms with Gasteiger partial charge in [-0.3, -0.25) is 14.7 Å². The molecule has 1 aliphatic rings. The Labute approximate surface area is 461 Å². The third-order valence-electron chi connectivity index (χ3n) is 13.9. The van der Waals surface area contributed by atoms with Gasteiger partial charge in [-0.1, -0.05) is 48.7 Å². The number of ether oxygens (including phenoxy) is 6. The van der Waals surface area contributed by atoms with E-state index in [2.05, 4.69) is 103 Å². The Morgan fingerprint density at radius 2 is 1.38 bits per heavy atom. The number of nitrogen functional groups attached to an aromatic ring is 1. The zero-order valence-electron chi connectivity index (χ0n) is 46.4. The SMILES string of the molecule is CCCCc1nc2c(CCc3ccc(OC)cc3OC)nc3cc(Br)ccc3c2n1Cc1ccc(OC)cc1OC.CCCCc1nc2c([nH]1)c(N)nc1cc(N3CCN(CCOCCC(=O)OC(C)(C)C)CC3)ccc12. The third kappa shape index (κ3) is 14.1. The molecule has 0 unspecified atom stereocenters. The van der Waals surface area contributed by atoms with Crippen LogP contribution in [-0.4, -0.2) is 120 Å². The molecule has 4 aromatic carbocycles. The fourth-order valence-corrected chi connectivity index (χ4v) is 10.2. The molecule has 9 rings (SSSR count). The molecule has 0 spiro atoms. The normalized spacial score (nSPS) is 13.1. The highest BCUT2D eigenvalue weighted by atomic mass is 79.9. The molecular formula is C60H76BrN9O7. The first kappa shape index (κ1) is 56.5. The number of rotatable bonds is 22. The lowest BCUT2D eigenvalue weighted by Crippen LogP contribution is -2.47. The number of anilines is 2. The quantitative estimate of drug-likeness (QED) is 0.0484. The van der Waals surface area contributed by atoms with Gasteiger partial charge >= 0.3 is 5.97 Å². The molecule has 1 fully saturated rings. The molecule has 1 saturated heterocycles. The van der Waals surface area contributed by atoms with Crippen molar-refractivity contribution in [2.75, 3.05) is 85.0 Å². The number of nitrogens with zero attached hydrogens (tertiary/aromatic N) is 7. The molecule has 5 heterocycles. The van der Waals surface area contributed by atoms with Crippen molar-refractivity contribution in [3.63, 3.8) is 0 Å². The van der Waals surface area contributed by atoms with Gasteiger partial charge in [0.2, 0.25) is 0 Å². The second-order valence-corrected chi connectivity index (χ2v) is 21.4. The predicted molar refractivity (Wildman–Crippen MR) is 311 cm³/mol. The van der Waals surface area contributed by atoms with Crippen molar-refractivity contribution in [1.82, 2.24) is 34.4 Å². The van der Waals surface area contributed by atoms with Gasteiger partial charge < -0.3 is 48.6 Å². The van der Waals surface area contributed by atoms with Gasteiger partial charge in [0.15, 0.2) is 0 Å². The fraction of sp³-hybridized carbons (Fsp3) is 0.450. The lowest BCUT2D eigenvalue weighted by molar-refractivity contribution is -0.156. The van der Waals surface area contributed by atoms with Gasteiger partial charge in [0, 0.05) is 84.2 Å². The lowest BCUT2D eigenvalue weighted by Gasteiger charge is -2.36. The minimum absolute atomic E-state index is 0.215. The number of aromatic nitrogens is 6. The number of benzene rings is 4. The van der Waals surface area contributed by atoms with E-state index in [0.717, 1.165) is 190 Å². The Kier molecular flexibility index (Phi) is 19.2. The van der Waals surface area contributed by atoms with Crippen LogP contribution < -0.4 is 29.6 Å². The van der Waals surface area contributed by atoms with E-state index >= 15 is 0 Å². The summed E-state index contributed by atoms with van der Waals surface area (Å²) in [6.45, 7) is 16.3. The van der Waals surface area contributed by atoms with E-state index in [1.165, 1.54) is 0 Å². The molecule has 0 aliphatic carbocycles. The number of aryl methyl sites for hydroxylation is 4. The molecule has 0 saturated carbocycles. The highest BCUT2D eigenvalue weighted by Gasteiger charge is 2.23. The summed E-state index contributed by atoms with van der Waals surface area (Å²) in [5.41, 5.74) is 15.7. The van der Waals surface area contributed by atoms with Gasteiger partial charge in [-0.25, -0.2) is 15.0 Å². The van der Waals surface area contributed by atoms with E-state index in [1.54, 1.807) is 28.4 Å². The van der Waals surface area contributed by atoms with Crippen LogP contribution in [0.25, 0.3) is 43.9 Å². The Morgan fingerprint density at radius 1 is 0.701 bits per heavy atom. The van der Waals surface area contributed by atoms with Crippen molar-refractivity contribution in [2.24, 2.45) is 0 Å². The molecule has 17 heteroatoms. The zero-order valence-corrected chi connectivity index (χ0v) is 48.0. The van der Waals surface area contributed by atoms with Crippen LogP contribution in [0.1, 0.15) is 95.2 Å². The number of imidazole rings is 2. The van der Waals surface area contributed by atoms with E-state index in [9.17, 15) is 4.79 Å². The van der Waals surface area contributed by atoms with Gasteiger partial charge in [-0.2, -0.15) is 0 Å². The molecule has 77 heavy (non-hydrogen) atoms. The van der Waals surface area contributed by atoms with Gasteiger partial charge in [0.25, 0.3) is 0 Å². The summed E-state index contributed by atoms with van der Waals surface area (Å²) in [7, 11) is 6.72. The number of carbonyl (C=O) groups excluding carboxylic acids is 1. The Hall–Kier alpha value is -6.69. The number of nitrogens with one attached hydrogen (secondary N) is 1. The van der Waals surface area contributed by atoms with Crippen LogP contribution in [0.2, 0.25) is 0 Å². The molecule has 4 aromatic heterocycles. The first-order chi connectivity index (χ1) is 37.2. The van der Waals surface area contributed by atoms with E-state index in [-0.39, 0.29) is 12.4 Å². The number of carbonyl (C=O) groups is 1. The minimum Gasteiger partial charge on any atom is -0.497 e.